The predicted molar refractivity (Wildman–Crippen MR) is 136 cm³/mol. The topological polar surface area (TPSA) is 91.2 Å². The summed E-state index contributed by atoms with van der Waals surface area (Å²) in [5.74, 6) is 2.20. The molecule has 9 heteroatoms. The molecule has 0 spiro atoms. The Morgan fingerprint density at radius 3 is 2.03 bits per heavy atom. The maximum Gasteiger partial charge on any atom is 0.192 e. The van der Waals surface area contributed by atoms with Crippen LogP contribution in [0.4, 0.5) is 5.82 Å². The highest BCUT2D eigenvalue weighted by Gasteiger charge is 2.26. The van der Waals surface area contributed by atoms with Crippen LogP contribution >= 0.6 is 7.14 Å². The first-order chi connectivity index (χ1) is 16.5. The summed E-state index contributed by atoms with van der Waals surface area (Å²) in [6, 6.07) is 15.7. The molecule has 0 bridgehead atoms. The summed E-state index contributed by atoms with van der Waals surface area (Å²) >= 11 is 0. The zero-order valence-electron chi connectivity index (χ0n) is 20.0. The molecular weight excluding hydrogens is 449 g/mol. The summed E-state index contributed by atoms with van der Waals surface area (Å²) in [6.07, 6.45) is 2.79. The van der Waals surface area contributed by atoms with Crippen LogP contribution in [0.5, 0.6) is 11.5 Å². The third kappa shape index (κ3) is 4.92. The first-order valence-electron chi connectivity index (χ1n) is 11.3. The molecule has 0 aliphatic heterocycles. The fourth-order valence-electron chi connectivity index (χ4n) is 3.72. The highest BCUT2D eigenvalue weighted by molar-refractivity contribution is 7.71. The smallest absolute Gasteiger partial charge is 0.192 e. The second-order valence-corrected chi connectivity index (χ2v) is 11.4. The number of nitrogens with one attached hydrogen (secondary N) is 1. The van der Waals surface area contributed by atoms with Gasteiger partial charge in [0.1, 0.15) is 17.0 Å². The minimum absolute atomic E-state index is 0.402. The van der Waals surface area contributed by atoms with Crippen molar-refractivity contribution < 1.29 is 14.0 Å². The molecule has 178 valence electrons. The van der Waals surface area contributed by atoms with Crippen molar-refractivity contribution in [2.75, 3.05) is 31.9 Å². The number of fused-ring (bicyclic) bond motifs is 1. The summed E-state index contributed by atoms with van der Waals surface area (Å²) < 4.78 is 26.0. The molecule has 2 heterocycles. The summed E-state index contributed by atoms with van der Waals surface area (Å²) in [5, 5.41) is 3.39. The fourth-order valence-corrected chi connectivity index (χ4v) is 5.29. The summed E-state index contributed by atoms with van der Waals surface area (Å²) in [5.41, 5.74) is 3.88. The second-order valence-electron chi connectivity index (χ2n) is 7.99. The van der Waals surface area contributed by atoms with E-state index in [1.54, 1.807) is 20.5 Å². The number of hydrogen-bond acceptors (Lipinski definition) is 7. The zero-order chi connectivity index (χ0) is 24.1. The molecule has 0 fully saturated rings. The van der Waals surface area contributed by atoms with E-state index in [0.717, 1.165) is 22.6 Å². The number of rotatable bonds is 10. The van der Waals surface area contributed by atoms with Gasteiger partial charge in [0.15, 0.2) is 24.2 Å². The van der Waals surface area contributed by atoms with E-state index in [2.05, 4.69) is 10.3 Å². The van der Waals surface area contributed by atoms with Gasteiger partial charge in [0.2, 0.25) is 0 Å². The van der Waals surface area contributed by atoms with Crippen LogP contribution in [0, 0.1) is 0 Å². The van der Waals surface area contributed by atoms with Gasteiger partial charge in [-0.1, -0.05) is 38.1 Å². The van der Waals surface area contributed by atoms with Crippen LogP contribution in [-0.4, -0.2) is 46.1 Å². The van der Waals surface area contributed by atoms with Gasteiger partial charge >= 0.3 is 0 Å². The van der Waals surface area contributed by atoms with Crippen LogP contribution in [-0.2, 0) is 17.7 Å². The number of imidazole rings is 1. The molecule has 0 radical (unpaired) electrons. The highest BCUT2D eigenvalue weighted by atomic mass is 31.2. The molecule has 0 aliphatic carbocycles. The number of aromatic nitrogens is 4. The van der Waals surface area contributed by atoms with Crippen molar-refractivity contribution in [3.8, 4) is 11.5 Å². The van der Waals surface area contributed by atoms with E-state index < -0.39 is 7.14 Å². The van der Waals surface area contributed by atoms with Crippen LogP contribution < -0.4 is 20.4 Å². The van der Waals surface area contributed by atoms with E-state index in [0.29, 0.717) is 48.0 Å². The van der Waals surface area contributed by atoms with Gasteiger partial charge in [-0.15, -0.1) is 0 Å². The lowest BCUT2D eigenvalue weighted by Crippen LogP contribution is -2.20. The van der Waals surface area contributed by atoms with E-state index in [1.165, 1.54) is 0 Å². The second kappa shape index (κ2) is 10.3. The van der Waals surface area contributed by atoms with Crippen LogP contribution in [0.3, 0.4) is 0 Å². The van der Waals surface area contributed by atoms with Crippen molar-refractivity contribution in [1.29, 1.82) is 0 Å². The average Bonchev–Trinajstić information content (AvgIpc) is 3.30. The number of methoxy groups -OCH3 is 2. The molecule has 0 aliphatic rings. The normalized spacial score (nSPS) is 11.5. The van der Waals surface area contributed by atoms with Crippen LogP contribution in [0.2, 0.25) is 0 Å². The highest BCUT2D eigenvalue weighted by Crippen LogP contribution is 2.42. The van der Waals surface area contributed by atoms with Crippen LogP contribution in [0.1, 0.15) is 25.0 Å². The number of anilines is 1. The molecule has 0 amide bonds. The van der Waals surface area contributed by atoms with Gasteiger partial charge in [-0.25, -0.2) is 15.0 Å². The van der Waals surface area contributed by atoms with Gasteiger partial charge in [-0.3, -0.25) is 0 Å². The van der Waals surface area contributed by atoms with E-state index in [1.807, 2.05) is 66.9 Å². The van der Waals surface area contributed by atoms with Gasteiger partial charge in [0, 0.05) is 18.9 Å². The lowest BCUT2D eigenvalue weighted by atomic mass is 10.2. The Labute approximate surface area is 199 Å². The quantitative estimate of drug-likeness (QED) is 0.334. The monoisotopic (exact) mass is 479 g/mol. The largest absolute Gasteiger partial charge is 0.497 e. The van der Waals surface area contributed by atoms with Crippen LogP contribution in [0.15, 0.2) is 54.9 Å². The molecule has 4 rings (SSSR count). The first-order valence-corrected chi connectivity index (χ1v) is 13.4. The van der Waals surface area contributed by atoms with E-state index >= 15 is 0 Å². The van der Waals surface area contributed by atoms with Crippen molar-refractivity contribution in [1.82, 2.24) is 19.5 Å². The van der Waals surface area contributed by atoms with Crippen molar-refractivity contribution in [2.24, 2.45) is 0 Å². The SMILES string of the molecule is CCP(=O)(CC)c1nc(NCc2ccc(OC)cc2)c2ncn(Cc3ccc(OC)cc3)c2n1. The Balaban J connectivity index is 1.71. The summed E-state index contributed by atoms with van der Waals surface area (Å²) in [7, 11) is 0.601. The van der Waals surface area contributed by atoms with Gasteiger partial charge in [0.05, 0.1) is 27.1 Å². The molecule has 2 aromatic carbocycles. The molecule has 34 heavy (non-hydrogen) atoms. The van der Waals surface area contributed by atoms with Crippen molar-refractivity contribution in [2.45, 2.75) is 26.9 Å². The molecule has 2 aromatic heterocycles. The molecule has 4 aromatic rings. The number of ether oxygens (including phenoxy) is 2. The maximum absolute atomic E-state index is 13.5. The molecule has 1 N–H and O–H groups in total. The van der Waals surface area contributed by atoms with Crippen molar-refractivity contribution in [3.05, 3.63) is 66.0 Å². The number of hydrogen-bond donors (Lipinski definition) is 1. The Bertz CT molecular complexity index is 1290. The molecular formula is C25H30N5O3P. The summed E-state index contributed by atoms with van der Waals surface area (Å²) in [6.45, 7) is 4.98. The predicted octanol–water partition coefficient (Wildman–Crippen LogP) is 4.53. The first kappa shape index (κ1) is 23.8. The van der Waals surface area contributed by atoms with Gasteiger partial charge in [-0.2, -0.15) is 0 Å². The van der Waals surface area contributed by atoms with Gasteiger partial charge in [-0.05, 0) is 35.4 Å². The van der Waals surface area contributed by atoms with E-state index in [-0.39, 0.29) is 0 Å². The Hall–Kier alpha value is -3.38. The average molecular weight is 480 g/mol. The number of nitrogens with zero attached hydrogens (tertiary/aromatic N) is 4. The third-order valence-electron chi connectivity index (χ3n) is 5.97. The lowest BCUT2D eigenvalue weighted by Gasteiger charge is -2.15. The third-order valence-corrected chi connectivity index (χ3v) is 8.94. The Morgan fingerprint density at radius 2 is 1.47 bits per heavy atom. The Kier molecular flexibility index (Phi) is 7.17. The lowest BCUT2D eigenvalue weighted by molar-refractivity contribution is 0.414. The standard InChI is InChI=1S/C25H30N5O3P/c1-5-34(31,6-2)25-28-23(26-15-18-7-11-20(32-3)12-8-18)22-24(29-25)30(17-27-22)16-19-9-13-21(33-4)14-10-19/h7-14,17H,5-6,15-16H2,1-4H3,(H,26,28,29). The van der Waals surface area contributed by atoms with Crippen molar-refractivity contribution in [3.63, 3.8) is 0 Å². The van der Waals surface area contributed by atoms with E-state index in [4.69, 9.17) is 19.4 Å². The van der Waals surface area contributed by atoms with E-state index in [9.17, 15) is 4.57 Å². The molecule has 0 saturated carbocycles. The number of benzene rings is 2. The minimum atomic E-state index is -2.70. The molecule has 0 atom stereocenters. The maximum atomic E-state index is 13.5. The van der Waals surface area contributed by atoms with Crippen LogP contribution in [0.25, 0.3) is 11.2 Å². The summed E-state index contributed by atoms with van der Waals surface area (Å²) in [4.78, 5) is 14.1. The Morgan fingerprint density at radius 1 is 0.882 bits per heavy atom. The van der Waals surface area contributed by atoms with Gasteiger partial charge in [0.25, 0.3) is 0 Å². The minimum Gasteiger partial charge on any atom is -0.497 e. The fraction of sp³-hybridized carbons (Fsp3) is 0.320. The molecule has 0 saturated heterocycles. The molecule has 0 unspecified atom stereocenters. The van der Waals surface area contributed by atoms with Gasteiger partial charge < -0.3 is 23.9 Å². The van der Waals surface area contributed by atoms with Crippen molar-refractivity contribution >= 4 is 29.7 Å². The zero-order valence-corrected chi connectivity index (χ0v) is 20.9. The molecule has 8 nitrogen and oxygen atoms in total.